The smallest absolute Gasteiger partial charge is 0.410 e. The van der Waals surface area contributed by atoms with Crippen molar-refractivity contribution >= 4 is 6.09 Å². The number of carbonyl (C=O) groups excluding carboxylic acids is 1. The van der Waals surface area contributed by atoms with Crippen LogP contribution < -0.4 is 0 Å². The van der Waals surface area contributed by atoms with Crippen LogP contribution in [0.15, 0.2) is 0 Å². The zero-order valence-corrected chi connectivity index (χ0v) is 4.96. The van der Waals surface area contributed by atoms with Crippen LogP contribution in [0.25, 0.3) is 0 Å². The van der Waals surface area contributed by atoms with E-state index in [-0.39, 0.29) is 6.09 Å². The quantitative estimate of drug-likeness (QED) is 0.464. The van der Waals surface area contributed by atoms with Crippen LogP contribution in [-0.2, 0) is 4.74 Å². The molecule has 3 heteroatoms. The zero-order chi connectivity index (χ0) is 6.69. The Morgan fingerprint density at radius 3 is 3.11 bits per heavy atom. The molecule has 0 spiro atoms. The van der Waals surface area contributed by atoms with Gasteiger partial charge in [-0.1, -0.05) is 5.92 Å². The Balaban J connectivity index is 2.42. The second-order valence-corrected chi connectivity index (χ2v) is 1.74. The number of hydrogen-bond donors (Lipinski definition) is 0. The van der Waals surface area contributed by atoms with Crippen LogP contribution in [-0.4, -0.2) is 30.7 Å². The molecule has 0 aromatic rings. The Labute approximate surface area is 53.6 Å². The molecule has 0 unspecified atom stereocenters. The molecule has 9 heavy (non-hydrogen) atoms. The fourth-order valence-corrected chi connectivity index (χ4v) is 0.680. The van der Waals surface area contributed by atoms with Crippen molar-refractivity contribution in [2.45, 2.75) is 0 Å². The second kappa shape index (κ2) is 2.40. The van der Waals surface area contributed by atoms with Gasteiger partial charge >= 0.3 is 6.09 Å². The molecule has 48 valence electrons. The molecule has 1 aliphatic heterocycles. The predicted octanol–water partition coefficient (Wildman–Crippen LogP) is 0.0718. The standard InChI is InChI=1S/C6H7NO2/c1-2-3-7-4-5-9-6(7)8/h1H,3-5H2. The molecule has 1 aliphatic rings. The molecule has 0 aromatic carbocycles. The first kappa shape index (κ1) is 5.96. The average molecular weight is 125 g/mol. The molecule has 0 aliphatic carbocycles. The Kier molecular flexibility index (Phi) is 1.59. The highest BCUT2D eigenvalue weighted by molar-refractivity contribution is 5.69. The van der Waals surface area contributed by atoms with Crippen molar-refractivity contribution in [2.24, 2.45) is 0 Å². The summed E-state index contributed by atoms with van der Waals surface area (Å²) in [4.78, 5) is 12.1. The lowest BCUT2D eigenvalue weighted by atomic mass is 10.5. The van der Waals surface area contributed by atoms with Gasteiger partial charge in [0.25, 0.3) is 0 Å². The molecular formula is C6H7NO2. The summed E-state index contributed by atoms with van der Waals surface area (Å²) in [7, 11) is 0. The minimum atomic E-state index is -0.298. The lowest BCUT2D eigenvalue weighted by Crippen LogP contribution is -2.24. The molecule has 3 nitrogen and oxygen atoms in total. The van der Waals surface area contributed by atoms with Gasteiger partial charge in [-0.05, 0) is 0 Å². The van der Waals surface area contributed by atoms with Crippen molar-refractivity contribution in [1.29, 1.82) is 0 Å². The number of hydrogen-bond acceptors (Lipinski definition) is 2. The van der Waals surface area contributed by atoms with Crippen LogP contribution in [0.5, 0.6) is 0 Å². The Bertz CT molecular complexity index is 159. The summed E-state index contributed by atoms with van der Waals surface area (Å²) in [6, 6.07) is 0. The highest BCUT2D eigenvalue weighted by Crippen LogP contribution is 2.00. The van der Waals surface area contributed by atoms with Gasteiger partial charge in [-0.3, -0.25) is 4.90 Å². The van der Waals surface area contributed by atoms with Gasteiger partial charge < -0.3 is 4.74 Å². The molecule has 1 rings (SSSR count). The van der Waals surface area contributed by atoms with Gasteiger partial charge in [-0.25, -0.2) is 4.79 Å². The number of cyclic esters (lactones) is 1. The molecule has 1 heterocycles. The van der Waals surface area contributed by atoms with Gasteiger partial charge in [0.2, 0.25) is 0 Å². The molecule has 0 radical (unpaired) electrons. The van der Waals surface area contributed by atoms with Crippen molar-refractivity contribution in [1.82, 2.24) is 4.90 Å². The van der Waals surface area contributed by atoms with E-state index in [9.17, 15) is 4.79 Å². The molecule has 1 amide bonds. The van der Waals surface area contributed by atoms with Crippen LogP contribution in [0.4, 0.5) is 4.79 Å². The molecule has 1 fully saturated rings. The average Bonchev–Trinajstić information content (AvgIpc) is 2.18. The van der Waals surface area contributed by atoms with Crippen LogP contribution in [0.1, 0.15) is 0 Å². The van der Waals surface area contributed by atoms with Crippen LogP contribution in [0.3, 0.4) is 0 Å². The molecule has 0 saturated carbocycles. The van der Waals surface area contributed by atoms with E-state index in [0.29, 0.717) is 19.7 Å². The van der Waals surface area contributed by atoms with Gasteiger partial charge in [0.1, 0.15) is 6.61 Å². The fourth-order valence-electron chi connectivity index (χ4n) is 0.680. The lowest BCUT2D eigenvalue weighted by molar-refractivity contribution is 0.161. The predicted molar refractivity (Wildman–Crippen MR) is 31.8 cm³/mol. The topological polar surface area (TPSA) is 29.5 Å². The van der Waals surface area contributed by atoms with Gasteiger partial charge in [0.05, 0.1) is 13.1 Å². The minimum absolute atomic E-state index is 0.298. The third kappa shape index (κ3) is 1.14. The van der Waals surface area contributed by atoms with Crippen LogP contribution in [0.2, 0.25) is 0 Å². The maximum atomic E-state index is 10.6. The number of amides is 1. The third-order valence-corrected chi connectivity index (χ3v) is 1.13. The summed E-state index contributed by atoms with van der Waals surface area (Å²) in [5.41, 5.74) is 0. The number of ether oxygens (including phenoxy) is 1. The largest absolute Gasteiger partial charge is 0.448 e. The van der Waals surface area contributed by atoms with Crippen LogP contribution >= 0.6 is 0 Å². The van der Waals surface area contributed by atoms with Crippen molar-refractivity contribution < 1.29 is 9.53 Å². The number of rotatable bonds is 1. The number of nitrogens with zero attached hydrogens (tertiary/aromatic N) is 1. The van der Waals surface area contributed by atoms with E-state index in [2.05, 4.69) is 10.7 Å². The van der Waals surface area contributed by atoms with Crippen molar-refractivity contribution in [3.8, 4) is 12.3 Å². The number of terminal acetylenes is 1. The van der Waals surface area contributed by atoms with E-state index in [1.165, 1.54) is 4.90 Å². The first-order chi connectivity index (χ1) is 4.34. The fraction of sp³-hybridized carbons (Fsp3) is 0.500. The Morgan fingerprint density at radius 1 is 1.89 bits per heavy atom. The van der Waals surface area contributed by atoms with E-state index in [4.69, 9.17) is 6.42 Å². The minimum Gasteiger partial charge on any atom is -0.448 e. The van der Waals surface area contributed by atoms with E-state index >= 15 is 0 Å². The molecule has 1 saturated heterocycles. The van der Waals surface area contributed by atoms with Gasteiger partial charge in [0, 0.05) is 0 Å². The van der Waals surface area contributed by atoms with Crippen molar-refractivity contribution in [3.05, 3.63) is 0 Å². The van der Waals surface area contributed by atoms with E-state index in [0.717, 1.165) is 0 Å². The summed E-state index contributed by atoms with van der Waals surface area (Å²) >= 11 is 0. The Morgan fingerprint density at radius 2 is 2.67 bits per heavy atom. The molecule has 0 aromatic heterocycles. The summed E-state index contributed by atoms with van der Waals surface area (Å²) in [5, 5.41) is 0. The summed E-state index contributed by atoms with van der Waals surface area (Å²) in [6.45, 7) is 1.46. The summed E-state index contributed by atoms with van der Waals surface area (Å²) in [6.07, 6.45) is 4.67. The molecule has 0 bridgehead atoms. The van der Waals surface area contributed by atoms with Crippen molar-refractivity contribution in [3.63, 3.8) is 0 Å². The van der Waals surface area contributed by atoms with Gasteiger partial charge in [0.15, 0.2) is 0 Å². The third-order valence-electron chi connectivity index (χ3n) is 1.13. The number of carbonyl (C=O) groups is 1. The molecule has 0 N–H and O–H groups in total. The Hall–Kier alpha value is -1.17. The molecular weight excluding hydrogens is 118 g/mol. The SMILES string of the molecule is C#CCN1CCOC1=O. The highest BCUT2D eigenvalue weighted by Gasteiger charge is 2.19. The van der Waals surface area contributed by atoms with Crippen LogP contribution in [0, 0.1) is 12.3 Å². The van der Waals surface area contributed by atoms with Gasteiger partial charge in [-0.2, -0.15) is 0 Å². The lowest BCUT2D eigenvalue weighted by Gasteiger charge is -2.05. The zero-order valence-electron chi connectivity index (χ0n) is 4.96. The normalized spacial score (nSPS) is 17.2. The maximum Gasteiger partial charge on any atom is 0.410 e. The first-order valence-corrected chi connectivity index (χ1v) is 2.70. The maximum absolute atomic E-state index is 10.6. The molecule has 0 atom stereocenters. The summed E-state index contributed by atoms with van der Waals surface area (Å²) < 4.78 is 4.61. The van der Waals surface area contributed by atoms with Crippen molar-refractivity contribution in [2.75, 3.05) is 19.7 Å². The van der Waals surface area contributed by atoms with Gasteiger partial charge in [-0.15, -0.1) is 6.42 Å². The highest BCUT2D eigenvalue weighted by atomic mass is 16.6. The van der Waals surface area contributed by atoms with E-state index in [1.54, 1.807) is 0 Å². The second-order valence-electron chi connectivity index (χ2n) is 1.74. The monoisotopic (exact) mass is 125 g/mol. The summed E-state index contributed by atoms with van der Waals surface area (Å²) in [5.74, 6) is 2.37. The first-order valence-electron chi connectivity index (χ1n) is 2.70. The van der Waals surface area contributed by atoms with E-state index in [1.807, 2.05) is 0 Å². The van der Waals surface area contributed by atoms with E-state index < -0.39 is 0 Å².